The number of benzene rings is 1. The lowest BCUT2D eigenvalue weighted by Gasteiger charge is -2.21. The van der Waals surface area contributed by atoms with Crippen molar-refractivity contribution in [1.82, 2.24) is 4.31 Å². The van der Waals surface area contributed by atoms with E-state index in [0.717, 1.165) is 9.87 Å². The molecule has 1 aliphatic heterocycles. The zero-order valence-corrected chi connectivity index (χ0v) is 12.7. The molecule has 0 spiro atoms. The molecule has 1 atom stereocenters. The van der Waals surface area contributed by atoms with Crippen molar-refractivity contribution in [3.05, 3.63) is 28.2 Å². The van der Waals surface area contributed by atoms with E-state index in [9.17, 15) is 13.2 Å². The Kier molecular flexibility index (Phi) is 3.98. The lowest BCUT2D eigenvalue weighted by Crippen LogP contribution is -2.40. The molecule has 2 rings (SSSR count). The van der Waals surface area contributed by atoms with E-state index >= 15 is 0 Å². The molecule has 1 aliphatic rings. The Hall–Kier alpha value is -0.920. The zero-order valence-electron chi connectivity index (χ0n) is 10.3. The Labute approximate surface area is 120 Å². The van der Waals surface area contributed by atoms with Gasteiger partial charge in [0.15, 0.2) is 0 Å². The number of halogens is 1. The maximum absolute atomic E-state index is 12.5. The van der Waals surface area contributed by atoms with E-state index in [4.69, 9.17) is 5.11 Å². The third-order valence-electron chi connectivity index (χ3n) is 3.16. The van der Waals surface area contributed by atoms with Crippen LogP contribution >= 0.6 is 15.9 Å². The standard InChI is InChI=1S/C12H14BrNO4S/c1-8-4-5-11(9(13)7-8)19(17,18)14-6-2-3-10(14)12(15)16/h4-5,7,10H,2-3,6H2,1H3,(H,15,16). The van der Waals surface area contributed by atoms with Crippen molar-refractivity contribution in [2.24, 2.45) is 0 Å². The lowest BCUT2D eigenvalue weighted by molar-refractivity contribution is -0.140. The molecule has 1 unspecified atom stereocenters. The molecule has 0 bridgehead atoms. The summed E-state index contributed by atoms with van der Waals surface area (Å²) >= 11 is 3.23. The van der Waals surface area contributed by atoms with Crippen molar-refractivity contribution < 1.29 is 18.3 Å². The molecule has 104 valence electrons. The van der Waals surface area contributed by atoms with Gasteiger partial charge in [-0.05, 0) is 53.4 Å². The number of nitrogens with zero attached hydrogens (tertiary/aromatic N) is 1. The lowest BCUT2D eigenvalue weighted by atomic mass is 10.2. The normalized spacial score (nSPS) is 20.6. The molecule has 0 saturated carbocycles. The minimum Gasteiger partial charge on any atom is -0.480 e. The summed E-state index contributed by atoms with van der Waals surface area (Å²) in [7, 11) is -3.77. The zero-order chi connectivity index (χ0) is 14.2. The second-order valence-corrected chi connectivity index (χ2v) is 7.26. The van der Waals surface area contributed by atoms with Gasteiger partial charge in [0, 0.05) is 11.0 Å². The summed E-state index contributed by atoms with van der Waals surface area (Å²) in [5.74, 6) is -1.09. The number of sulfonamides is 1. The number of carboxylic acids is 1. The van der Waals surface area contributed by atoms with E-state index in [1.807, 2.05) is 6.92 Å². The number of carboxylic acid groups (broad SMARTS) is 1. The Morgan fingerprint density at radius 2 is 2.16 bits per heavy atom. The van der Waals surface area contributed by atoms with Crippen LogP contribution in [0.1, 0.15) is 18.4 Å². The molecule has 1 saturated heterocycles. The van der Waals surface area contributed by atoms with Gasteiger partial charge in [-0.25, -0.2) is 8.42 Å². The summed E-state index contributed by atoms with van der Waals surface area (Å²) in [5, 5.41) is 9.09. The Morgan fingerprint density at radius 3 is 2.74 bits per heavy atom. The number of hydrogen-bond donors (Lipinski definition) is 1. The van der Waals surface area contributed by atoms with Gasteiger partial charge < -0.3 is 5.11 Å². The van der Waals surface area contributed by atoms with Crippen LogP contribution in [-0.2, 0) is 14.8 Å². The van der Waals surface area contributed by atoms with Gasteiger partial charge in [-0.2, -0.15) is 4.31 Å². The molecule has 19 heavy (non-hydrogen) atoms. The topological polar surface area (TPSA) is 74.7 Å². The first kappa shape index (κ1) is 14.5. The van der Waals surface area contributed by atoms with Crippen LogP contribution in [0.5, 0.6) is 0 Å². The Bertz CT molecular complexity index is 614. The van der Waals surface area contributed by atoms with Crippen LogP contribution in [0, 0.1) is 6.92 Å². The average molecular weight is 348 g/mol. The quantitative estimate of drug-likeness (QED) is 0.907. The summed E-state index contributed by atoms with van der Waals surface area (Å²) in [6, 6.07) is 3.95. The fraction of sp³-hybridized carbons (Fsp3) is 0.417. The van der Waals surface area contributed by atoms with Crippen LogP contribution in [-0.4, -0.2) is 36.4 Å². The van der Waals surface area contributed by atoms with Crippen LogP contribution in [0.2, 0.25) is 0 Å². The average Bonchev–Trinajstić information content (AvgIpc) is 2.77. The van der Waals surface area contributed by atoms with Gasteiger partial charge in [0.05, 0.1) is 4.90 Å². The molecule has 0 amide bonds. The summed E-state index contributed by atoms with van der Waals surface area (Å²) in [5.41, 5.74) is 0.932. The highest BCUT2D eigenvalue weighted by molar-refractivity contribution is 9.10. The minimum atomic E-state index is -3.77. The van der Waals surface area contributed by atoms with Gasteiger partial charge in [0.2, 0.25) is 10.0 Å². The van der Waals surface area contributed by atoms with Crippen LogP contribution in [0.25, 0.3) is 0 Å². The van der Waals surface area contributed by atoms with E-state index in [0.29, 0.717) is 17.3 Å². The van der Waals surface area contributed by atoms with Gasteiger partial charge in [0.25, 0.3) is 0 Å². The largest absolute Gasteiger partial charge is 0.480 e. The molecule has 1 N–H and O–H groups in total. The van der Waals surface area contributed by atoms with Gasteiger partial charge >= 0.3 is 5.97 Å². The monoisotopic (exact) mass is 347 g/mol. The smallest absolute Gasteiger partial charge is 0.322 e. The first-order valence-electron chi connectivity index (χ1n) is 5.85. The molecule has 1 fully saturated rings. The van der Waals surface area contributed by atoms with Gasteiger partial charge in [-0.3, -0.25) is 4.79 Å². The summed E-state index contributed by atoms with van der Waals surface area (Å²) < 4.78 is 26.6. The minimum absolute atomic E-state index is 0.117. The maximum Gasteiger partial charge on any atom is 0.322 e. The molecule has 1 heterocycles. The third-order valence-corrected chi connectivity index (χ3v) is 6.05. The molecule has 0 aromatic heterocycles. The molecule has 0 radical (unpaired) electrons. The summed E-state index contributed by atoms with van der Waals surface area (Å²) in [6.45, 7) is 2.11. The Balaban J connectivity index is 2.45. The van der Waals surface area contributed by atoms with E-state index in [2.05, 4.69) is 15.9 Å². The second-order valence-electron chi connectivity index (χ2n) is 4.55. The van der Waals surface area contributed by atoms with Crippen LogP contribution in [0.15, 0.2) is 27.6 Å². The number of aliphatic carboxylic acids is 1. The van der Waals surface area contributed by atoms with Crippen molar-refractivity contribution in [3.63, 3.8) is 0 Å². The fourth-order valence-corrected chi connectivity index (χ4v) is 5.02. The van der Waals surface area contributed by atoms with Crippen LogP contribution in [0.4, 0.5) is 0 Å². The first-order chi connectivity index (χ1) is 8.84. The van der Waals surface area contributed by atoms with Gasteiger partial charge in [-0.15, -0.1) is 0 Å². The first-order valence-corrected chi connectivity index (χ1v) is 8.08. The summed E-state index contributed by atoms with van der Waals surface area (Å²) in [6.07, 6.45) is 0.928. The van der Waals surface area contributed by atoms with Crippen molar-refractivity contribution in [1.29, 1.82) is 0 Å². The van der Waals surface area contributed by atoms with Crippen LogP contribution in [0.3, 0.4) is 0 Å². The molecule has 1 aromatic carbocycles. The number of aryl methyl sites for hydroxylation is 1. The fourth-order valence-electron chi connectivity index (χ4n) is 2.22. The van der Waals surface area contributed by atoms with Crippen LogP contribution < -0.4 is 0 Å². The van der Waals surface area contributed by atoms with Crippen molar-refractivity contribution >= 4 is 31.9 Å². The van der Waals surface area contributed by atoms with Crippen molar-refractivity contribution in [2.75, 3.05) is 6.54 Å². The van der Waals surface area contributed by atoms with E-state index in [1.54, 1.807) is 12.1 Å². The molecular formula is C12H14BrNO4S. The number of hydrogen-bond acceptors (Lipinski definition) is 3. The second kappa shape index (κ2) is 5.22. The number of carbonyl (C=O) groups is 1. The van der Waals surface area contributed by atoms with E-state index in [1.165, 1.54) is 6.07 Å². The van der Waals surface area contributed by atoms with E-state index < -0.39 is 22.0 Å². The van der Waals surface area contributed by atoms with E-state index in [-0.39, 0.29) is 11.4 Å². The molecule has 7 heteroatoms. The molecule has 1 aromatic rings. The number of rotatable bonds is 3. The molecule has 0 aliphatic carbocycles. The predicted octanol–water partition coefficient (Wildman–Crippen LogP) is 2.00. The highest BCUT2D eigenvalue weighted by Gasteiger charge is 2.40. The van der Waals surface area contributed by atoms with Gasteiger partial charge in [-0.1, -0.05) is 6.07 Å². The third kappa shape index (κ3) is 2.68. The Morgan fingerprint density at radius 1 is 1.47 bits per heavy atom. The summed E-state index contributed by atoms with van der Waals surface area (Å²) in [4.78, 5) is 11.2. The maximum atomic E-state index is 12.5. The highest BCUT2D eigenvalue weighted by atomic mass is 79.9. The highest BCUT2D eigenvalue weighted by Crippen LogP contribution is 2.30. The SMILES string of the molecule is Cc1ccc(S(=O)(=O)N2CCCC2C(=O)O)c(Br)c1. The van der Waals surface area contributed by atoms with Gasteiger partial charge in [0.1, 0.15) is 6.04 Å². The van der Waals surface area contributed by atoms with Crippen molar-refractivity contribution in [3.8, 4) is 0 Å². The molecular weight excluding hydrogens is 334 g/mol. The predicted molar refractivity (Wildman–Crippen MR) is 73.4 cm³/mol. The van der Waals surface area contributed by atoms with Crippen molar-refractivity contribution in [2.45, 2.75) is 30.7 Å². The molecule has 5 nitrogen and oxygen atoms in total.